The third-order valence-electron chi connectivity index (χ3n) is 4.28. The lowest BCUT2D eigenvalue weighted by Crippen LogP contribution is -2.32. The van der Waals surface area contributed by atoms with Crippen LogP contribution in [0.4, 0.5) is 5.69 Å². The van der Waals surface area contributed by atoms with E-state index in [0.29, 0.717) is 18.0 Å². The summed E-state index contributed by atoms with van der Waals surface area (Å²) in [7, 11) is 0. The van der Waals surface area contributed by atoms with Crippen LogP contribution in [0.5, 0.6) is 11.5 Å². The van der Waals surface area contributed by atoms with Crippen molar-refractivity contribution in [2.75, 3.05) is 18.5 Å². The van der Waals surface area contributed by atoms with Crippen molar-refractivity contribution in [1.82, 2.24) is 0 Å². The minimum absolute atomic E-state index is 0.105. The van der Waals surface area contributed by atoms with E-state index in [1.165, 1.54) is 0 Å². The summed E-state index contributed by atoms with van der Waals surface area (Å²) >= 11 is 0. The zero-order chi connectivity index (χ0) is 18.2. The van der Waals surface area contributed by atoms with Crippen LogP contribution in [-0.2, 0) is 14.3 Å². The van der Waals surface area contributed by atoms with Gasteiger partial charge in [0.2, 0.25) is 0 Å². The molecule has 2 aromatic carbocycles. The highest BCUT2D eigenvalue weighted by atomic mass is 16.5. The molecule has 1 heterocycles. The molecule has 0 saturated carbocycles. The molecule has 1 saturated heterocycles. The van der Waals surface area contributed by atoms with Crippen LogP contribution >= 0.6 is 0 Å². The molecule has 5 heteroatoms. The van der Waals surface area contributed by atoms with E-state index in [9.17, 15) is 4.79 Å². The molecule has 2 atom stereocenters. The first kappa shape index (κ1) is 18.4. The summed E-state index contributed by atoms with van der Waals surface area (Å²) in [5.41, 5.74) is 0.708. The standard InChI is InChI=1S/C21H25NO4/c1-16(25-15-20-9-5-6-14-24-20)21(23)22-17-10-12-19(13-11-17)26-18-7-3-2-4-8-18/h2-4,7-8,10-13,16,20H,5-6,9,14-15H2,1H3,(H,22,23)/t16-,20+/m1/s1. The van der Waals surface area contributed by atoms with Gasteiger partial charge >= 0.3 is 0 Å². The highest BCUT2D eigenvalue weighted by molar-refractivity contribution is 5.93. The van der Waals surface area contributed by atoms with Gasteiger partial charge in [-0.3, -0.25) is 4.79 Å². The number of benzene rings is 2. The van der Waals surface area contributed by atoms with Gasteiger partial charge in [-0.15, -0.1) is 0 Å². The maximum absolute atomic E-state index is 12.3. The van der Waals surface area contributed by atoms with E-state index in [0.717, 1.165) is 31.6 Å². The zero-order valence-corrected chi connectivity index (χ0v) is 15.0. The summed E-state index contributed by atoms with van der Waals surface area (Å²) in [6, 6.07) is 16.8. The number of amides is 1. The van der Waals surface area contributed by atoms with Crippen LogP contribution in [0.15, 0.2) is 54.6 Å². The molecule has 0 aliphatic carbocycles. The predicted molar refractivity (Wildman–Crippen MR) is 101 cm³/mol. The van der Waals surface area contributed by atoms with Crippen molar-refractivity contribution in [1.29, 1.82) is 0 Å². The summed E-state index contributed by atoms with van der Waals surface area (Å²) in [5, 5.41) is 2.86. The molecule has 0 radical (unpaired) electrons. The Morgan fingerprint density at radius 2 is 1.85 bits per heavy atom. The average molecular weight is 355 g/mol. The summed E-state index contributed by atoms with van der Waals surface area (Å²) < 4.78 is 17.0. The second-order valence-electron chi connectivity index (χ2n) is 6.39. The molecule has 1 aliphatic rings. The fourth-order valence-electron chi connectivity index (χ4n) is 2.74. The Balaban J connectivity index is 1.46. The first-order chi connectivity index (χ1) is 12.7. The van der Waals surface area contributed by atoms with Gasteiger partial charge in [0, 0.05) is 12.3 Å². The highest BCUT2D eigenvalue weighted by Gasteiger charge is 2.19. The number of anilines is 1. The number of carbonyl (C=O) groups is 1. The van der Waals surface area contributed by atoms with Crippen LogP contribution in [0, 0.1) is 0 Å². The van der Waals surface area contributed by atoms with Gasteiger partial charge in [0.15, 0.2) is 0 Å². The minimum Gasteiger partial charge on any atom is -0.457 e. The minimum atomic E-state index is -0.527. The van der Waals surface area contributed by atoms with E-state index in [1.807, 2.05) is 54.6 Å². The number of nitrogens with one attached hydrogen (secondary N) is 1. The molecule has 138 valence electrons. The summed E-state index contributed by atoms with van der Waals surface area (Å²) in [5.74, 6) is 1.32. The third kappa shape index (κ3) is 5.58. The van der Waals surface area contributed by atoms with Crippen LogP contribution in [0.25, 0.3) is 0 Å². The molecule has 1 fully saturated rings. The average Bonchev–Trinajstić information content (AvgIpc) is 2.69. The number of para-hydroxylation sites is 1. The SMILES string of the molecule is C[C@@H](OC[C@@H]1CCCCO1)C(=O)Nc1ccc(Oc2ccccc2)cc1. The van der Waals surface area contributed by atoms with Crippen molar-refractivity contribution >= 4 is 11.6 Å². The lowest BCUT2D eigenvalue weighted by Gasteiger charge is -2.23. The van der Waals surface area contributed by atoms with Crippen molar-refractivity contribution < 1.29 is 19.0 Å². The zero-order valence-electron chi connectivity index (χ0n) is 15.0. The third-order valence-corrected chi connectivity index (χ3v) is 4.28. The second-order valence-corrected chi connectivity index (χ2v) is 6.39. The number of rotatable bonds is 7. The Bertz CT molecular complexity index is 681. The largest absolute Gasteiger partial charge is 0.457 e. The number of carbonyl (C=O) groups excluding carboxylic acids is 1. The van der Waals surface area contributed by atoms with E-state index in [-0.39, 0.29) is 12.0 Å². The molecule has 26 heavy (non-hydrogen) atoms. The topological polar surface area (TPSA) is 56.8 Å². The van der Waals surface area contributed by atoms with Crippen molar-refractivity contribution in [3.05, 3.63) is 54.6 Å². The molecular weight excluding hydrogens is 330 g/mol. The summed E-state index contributed by atoms with van der Waals surface area (Å²) in [6.07, 6.45) is 2.84. The maximum Gasteiger partial charge on any atom is 0.253 e. The van der Waals surface area contributed by atoms with Gasteiger partial charge < -0.3 is 19.5 Å². The lowest BCUT2D eigenvalue weighted by atomic mass is 10.1. The molecule has 1 amide bonds. The molecule has 1 aliphatic heterocycles. The monoisotopic (exact) mass is 355 g/mol. The molecule has 0 bridgehead atoms. The van der Waals surface area contributed by atoms with Crippen LogP contribution in [0.3, 0.4) is 0 Å². The molecular formula is C21H25NO4. The first-order valence-electron chi connectivity index (χ1n) is 9.08. The summed E-state index contributed by atoms with van der Waals surface area (Å²) in [6.45, 7) is 3.00. The van der Waals surface area contributed by atoms with Gasteiger partial charge in [-0.2, -0.15) is 0 Å². The van der Waals surface area contributed by atoms with Crippen LogP contribution < -0.4 is 10.1 Å². The lowest BCUT2D eigenvalue weighted by molar-refractivity contribution is -0.130. The van der Waals surface area contributed by atoms with Gasteiger partial charge in [-0.05, 0) is 62.6 Å². The molecule has 1 N–H and O–H groups in total. The van der Waals surface area contributed by atoms with E-state index in [1.54, 1.807) is 6.92 Å². The van der Waals surface area contributed by atoms with Gasteiger partial charge in [-0.25, -0.2) is 0 Å². The molecule has 3 rings (SSSR count). The fourth-order valence-corrected chi connectivity index (χ4v) is 2.74. The smallest absolute Gasteiger partial charge is 0.253 e. The van der Waals surface area contributed by atoms with E-state index >= 15 is 0 Å². The Morgan fingerprint density at radius 3 is 2.54 bits per heavy atom. The summed E-state index contributed by atoms with van der Waals surface area (Å²) in [4.78, 5) is 12.3. The van der Waals surface area contributed by atoms with E-state index in [2.05, 4.69) is 5.32 Å². The number of hydrogen-bond donors (Lipinski definition) is 1. The predicted octanol–water partition coefficient (Wildman–Crippen LogP) is 4.39. The quantitative estimate of drug-likeness (QED) is 0.800. The first-order valence-corrected chi connectivity index (χ1v) is 9.08. The Kier molecular flexibility index (Phi) is 6.63. The molecule has 0 spiro atoms. The van der Waals surface area contributed by atoms with Crippen molar-refractivity contribution in [2.45, 2.75) is 38.4 Å². The van der Waals surface area contributed by atoms with Crippen LogP contribution in [0.1, 0.15) is 26.2 Å². The number of hydrogen-bond acceptors (Lipinski definition) is 4. The Hall–Kier alpha value is -2.37. The van der Waals surface area contributed by atoms with Gasteiger partial charge in [-0.1, -0.05) is 18.2 Å². The van der Waals surface area contributed by atoms with E-state index < -0.39 is 6.10 Å². The normalized spacial score (nSPS) is 18.1. The molecule has 2 aromatic rings. The maximum atomic E-state index is 12.3. The van der Waals surface area contributed by atoms with Crippen molar-refractivity contribution in [3.8, 4) is 11.5 Å². The van der Waals surface area contributed by atoms with E-state index in [4.69, 9.17) is 14.2 Å². The van der Waals surface area contributed by atoms with Crippen molar-refractivity contribution in [3.63, 3.8) is 0 Å². The fraction of sp³-hybridized carbons (Fsp3) is 0.381. The van der Waals surface area contributed by atoms with Crippen LogP contribution in [0.2, 0.25) is 0 Å². The molecule has 0 aromatic heterocycles. The molecule has 0 unspecified atom stereocenters. The van der Waals surface area contributed by atoms with Gasteiger partial charge in [0.25, 0.3) is 5.91 Å². The Labute approximate surface area is 154 Å². The molecule has 5 nitrogen and oxygen atoms in total. The second kappa shape index (κ2) is 9.36. The Morgan fingerprint density at radius 1 is 1.12 bits per heavy atom. The number of ether oxygens (including phenoxy) is 3. The highest BCUT2D eigenvalue weighted by Crippen LogP contribution is 2.22. The van der Waals surface area contributed by atoms with Gasteiger partial charge in [0.05, 0.1) is 12.7 Å². The van der Waals surface area contributed by atoms with Crippen molar-refractivity contribution in [2.24, 2.45) is 0 Å². The van der Waals surface area contributed by atoms with Crippen LogP contribution in [-0.4, -0.2) is 31.3 Å². The van der Waals surface area contributed by atoms with Gasteiger partial charge in [0.1, 0.15) is 17.6 Å².